The Morgan fingerprint density at radius 3 is 2.39 bits per heavy atom. The van der Waals surface area contributed by atoms with Crippen molar-refractivity contribution in [2.24, 2.45) is 0 Å². The summed E-state index contributed by atoms with van der Waals surface area (Å²) < 4.78 is 52.7. The number of carbonyl (C=O) groups excluding carboxylic acids is 3. The van der Waals surface area contributed by atoms with E-state index in [-0.39, 0.29) is 45.6 Å². The van der Waals surface area contributed by atoms with E-state index in [2.05, 4.69) is 25.8 Å². The molecule has 0 saturated heterocycles. The summed E-state index contributed by atoms with van der Waals surface area (Å²) in [6, 6.07) is 10.8. The quantitative estimate of drug-likeness (QED) is 0.179. The Bertz CT molecular complexity index is 1840. The summed E-state index contributed by atoms with van der Waals surface area (Å²) in [5.41, 5.74) is -3.29. The van der Waals surface area contributed by atoms with Crippen LogP contribution in [0.25, 0.3) is 22.1 Å². The number of carbonyl (C=O) groups is 4. The van der Waals surface area contributed by atoms with Crippen LogP contribution in [0.15, 0.2) is 53.1 Å². The molecule has 12 nitrogen and oxygen atoms in total. The van der Waals surface area contributed by atoms with Crippen LogP contribution in [0.2, 0.25) is 0 Å². The summed E-state index contributed by atoms with van der Waals surface area (Å²) in [7, 11) is 1.05. The lowest BCUT2D eigenvalue weighted by Gasteiger charge is -2.18. The highest BCUT2D eigenvalue weighted by Crippen LogP contribution is 2.44. The second kappa shape index (κ2) is 12.5. The summed E-state index contributed by atoms with van der Waals surface area (Å²) in [6.07, 6.45) is -5.54. The first-order valence-corrected chi connectivity index (χ1v) is 12.8. The first kappa shape index (κ1) is 31.0. The minimum atomic E-state index is -4.93. The molecule has 0 radical (unpaired) electrons. The maximum atomic E-state index is 14.3. The Hall–Kier alpha value is -5.91. The lowest BCUT2D eigenvalue weighted by Crippen LogP contribution is -2.17. The van der Waals surface area contributed by atoms with Crippen molar-refractivity contribution in [3.05, 3.63) is 70.9 Å². The van der Waals surface area contributed by atoms with Crippen molar-refractivity contribution in [2.75, 3.05) is 23.1 Å². The van der Waals surface area contributed by atoms with Crippen LogP contribution in [0.1, 0.15) is 51.7 Å². The predicted molar refractivity (Wildman–Crippen MR) is 150 cm³/mol. The highest BCUT2D eigenvalue weighted by molar-refractivity contribution is 6.18. The number of ether oxygens (including phenoxy) is 1. The number of nitriles is 1. The van der Waals surface area contributed by atoms with Gasteiger partial charge in [0.25, 0.3) is 5.91 Å². The summed E-state index contributed by atoms with van der Waals surface area (Å²) >= 11 is 0. The largest absolute Gasteiger partial charge is 0.478 e. The van der Waals surface area contributed by atoms with Crippen LogP contribution in [-0.2, 0) is 15.7 Å². The van der Waals surface area contributed by atoms with E-state index in [1.807, 2.05) is 0 Å². The average Bonchev–Trinajstić information content (AvgIpc) is 3.42. The van der Waals surface area contributed by atoms with Gasteiger partial charge in [0.05, 0.1) is 46.6 Å². The maximum absolute atomic E-state index is 14.3. The second-order valence-electron chi connectivity index (χ2n) is 9.20. The van der Waals surface area contributed by atoms with Crippen LogP contribution in [0.3, 0.4) is 0 Å². The van der Waals surface area contributed by atoms with Gasteiger partial charge in [-0.2, -0.15) is 18.4 Å². The number of aromatic nitrogens is 1. The number of hydrogen-bond acceptors (Lipinski definition) is 8. The maximum Gasteiger partial charge on any atom is 0.417 e. The summed E-state index contributed by atoms with van der Waals surface area (Å²) in [4.78, 5) is 49.5. The van der Waals surface area contributed by atoms with E-state index >= 15 is 0 Å². The molecule has 0 unspecified atom stereocenters. The third-order valence-corrected chi connectivity index (χ3v) is 6.27. The van der Waals surface area contributed by atoms with Gasteiger partial charge in [-0.1, -0.05) is 18.1 Å². The Labute approximate surface area is 246 Å². The molecule has 0 saturated carbocycles. The number of nitrogens with zero attached hydrogens (tertiary/aromatic N) is 2. The zero-order chi connectivity index (χ0) is 32.2. The van der Waals surface area contributed by atoms with Gasteiger partial charge in [-0.25, -0.2) is 9.59 Å². The number of anilines is 3. The molecular weight excluding hydrogens is 587 g/mol. The van der Waals surface area contributed by atoms with E-state index < -0.39 is 52.4 Å². The molecule has 15 heteroatoms. The monoisotopic (exact) mass is 609 g/mol. The SMILES string of the molecule is CCCC(=O)Nc1c(-c2ccc(NC(=O)OC)cc2C(F)(F)F)ccc2onc(C(=O)Nc3ccc(C#N)cc3C(=O)O)c12. The van der Waals surface area contributed by atoms with Crippen molar-refractivity contribution in [2.45, 2.75) is 25.9 Å². The number of nitrogens with one attached hydrogen (secondary N) is 3. The molecule has 0 aliphatic heterocycles. The number of carboxylic acids is 1. The van der Waals surface area contributed by atoms with Crippen LogP contribution in [-0.4, -0.2) is 41.2 Å². The van der Waals surface area contributed by atoms with Crippen molar-refractivity contribution in [3.8, 4) is 17.2 Å². The third kappa shape index (κ3) is 6.44. The van der Waals surface area contributed by atoms with Gasteiger partial charge in [-0.15, -0.1) is 0 Å². The Kier molecular flexibility index (Phi) is 8.84. The van der Waals surface area contributed by atoms with Crippen LogP contribution < -0.4 is 16.0 Å². The van der Waals surface area contributed by atoms with Crippen molar-refractivity contribution >= 4 is 51.9 Å². The Morgan fingerprint density at radius 1 is 1.02 bits per heavy atom. The number of benzene rings is 3. The van der Waals surface area contributed by atoms with Crippen molar-refractivity contribution in [3.63, 3.8) is 0 Å². The van der Waals surface area contributed by atoms with Crippen LogP contribution >= 0.6 is 0 Å². The van der Waals surface area contributed by atoms with E-state index in [4.69, 9.17) is 9.78 Å². The zero-order valence-corrected chi connectivity index (χ0v) is 23.0. The fourth-order valence-electron chi connectivity index (χ4n) is 4.31. The molecule has 0 bridgehead atoms. The molecule has 44 heavy (non-hydrogen) atoms. The smallest absolute Gasteiger partial charge is 0.417 e. The minimum absolute atomic E-state index is 0.00995. The standard InChI is InChI=1S/C29H22F3N5O7/c1-3-4-22(38)36-24-17(16-7-6-15(34-28(42)43-2)12-19(16)29(30,31)32)8-10-21-23(24)25(37-44-21)26(39)35-20-9-5-14(13-33)11-18(20)27(40)41/h5-12H,3-4H2,1-2H3,(H,34,42)(H,35,39)(H,36,38)(H,40,41). The van der Waals surface area contributed by atoms with Gasteiger partial charge < -0.3 is 25.0 Å². The van der Waals surface area contributed by atoms with Crippen molar-refractivity contribution < 1.29 is 46.7 Å². The molecule has 226 valence electrons. The Balaban J connectivity index is 1.92. The highest BCUT2D eigenvalue weighted by Gasteiger charge is 2.35. The lowest BCUT2D eigenvalue weighted by molar-refractivity contribution is -0.137. The molecule has 0 spiro atoms. The van der Waals surface area contributed by atoms with Crippen molar-refractivity contribution in [1.29, 1.82) is 5.26 Å². The molecule has 3 amide bonds. The molecule has 1 heterocycles. The molecule has 0 aliphatic rings. The van der Waals surface area contributed by atoms with E-state index in [9.17, 15) is 37.5 Å². The number of hydrogen-bond donors (Lipinski definition) is 4. The number of aromatic carboxylic acids is 1. The Morgan fingerprint density at radius 2 is 1.75 bits per heavy atom. The van der Waals surface area contributed by atoms with Gasteiger partial charge in [-0.3, -0.25) is 14.9 Å². The molecule has 4 N–H and O–H groups in total. The molecule has 0 aliphatic carbocycles. The van der Waals surface area contributed by atoms with Crippen LogP contribution in [0, 0.1) is 11.3 Å². The number of amides is 3. The first-order valence-electron chi connectivity index (χ1n) is 12.8. The van der Waals surface area contributed by atoms with E-state index in [0.29, 0.717) is 12.5 Å². The topological polar surface area (TPSA) is 184 Å². The molecule has 0 atom stereocenters. The number of halogens is 3. The summed E-state index contributed by atoms with van der Waals surface area (Å²) in [5.74, 6) is -3.03. The third-order valence-electron chi connectivity index (χ3n) is 6.27. The van der Waals surface area contributed by atoms with Crippen LogP contribution in [0.4, 0.5) is 35.0 Å². The van der Waals surface area contributed by atoms with Gasteiger partial charge in [-0.05, 0) is 54.4 Å². The molecular formula is C29H22F3N5O7. The highest BCUT2D eigenvalue weighted by atomic mass is 19.4. The molecule has 4 aromatic rings. The van der Waals surface area contributed by atoms with Gasteiger partial charge >= 0.3 is 18.2 Å². The first-order chi connectivity index (χ1) is 20.9. The molecule has 0 fully saturated rings. The van der Waals surface area contributed by atoms with Gasteiger partial charge in [0.2, 0.25) is 5.91 Å². The number of rotatable bonds is 8. The van der Waals surface area contributed by atoms with Gasteiger partial charge in [0.1, 0.15) is 0 Å². The van der Waals surface area contributed by atoms with Gasteiger partial charge in [0.15, 0.2) is 11.3 Å². The lowest BCUT2D eigenvalue weighted by atomic mass is 9.94. The van der Waals surface area contributed by atoms with Crippen LogP contribution in [0.5, 0.6) is 0 Å². The fourth-order valence-corrected chi connectivity index (χ4v) is 4.31. The fraction of sp³-hybridized carbons (Fsp3) is 0.172. The number of fused-ring (bicyclic) bond motifs is 1. The number of carboxylic acid groups (broad SMARTS) is 1. The number of methoxy groups -OCH3 is 1. The van der Waals surface area contributed by atoms with E-state index in [1.54, 1.807) is 13.0 Å². The number of alkyl halides is 3. The van der Waals surface area contributed by atoms with E-state index in [1.165, 1.54) is 30.3 Å². The van der Waals surface area contributed by atoms with Gasteiger partial charge in [0, 0.05) is 17.7 Å². The second-order valence-corrected chi connectivity index (χ2v) is 9.20. The molecule has 1 aromatic heterocycles. The van der Waals surface area contributed by atoms with Crippen molar-refractivity contribution in [1.82, 2.24) is 5.16 Å². The zero-order valence-electron chi connectivity index (χ0n) is 23.0. The molecule has 3 aromatic carbocycles. The molecule has 4 rings (SSSR count). The predicted octanol–water partition coefficient (Wildman–Crippen LogP) is 6.25. The normalized spacial score (nSPS) is 11.0. The minimum Gasteiger partial charge on any atom is -0.478 e. The summed E-state index contributed by atoms with van der Waals surface area (Å²) in [5, 5.41) is 29.4. The summed E-state index contributed by atoms with van der Waals surface area (Å²) in [6.45, 7) is 1.71. The van der Waals surface area contributed by atoms with E-state index in [0.717, 1.165) is 19.2 Å². The average molecular weight is 610 g/mol.